The molecule has 0 bridgehead atoms. The normalized spacial score (nSPS) is 18.6. The Kier molecular flexibility index (Phi) is 7.93. The third-order valence-electron chi connectivity index (χ3n) is 6.58. The number of carbonyl (C=O) groups is 1. The number of thiocarbonyl (C=S) groups is 1. The summed E-state index contributed by atoms with van der Waals surface area (Å²) < 4.78 is 7.04. The summed E-state index contributed by atoms with van der Waals surface area (Å²) in [7, 11) is 0. The van der Waals surface area contributed by atoms with Gasteiger partial charge in [0.05, 0.1) is 24.7 Å². The van der Waals surface area contributed by atoms with Gasteiger partial charge in [-0.25, -0.2) is 0 Å². The second kappa shape index (κ2) is 11.1. The number of esters is 1. The van der Waals surface area contributed by atoms with Crippen LogP contribution in [0.4, 0.5) is 5.69 Å². The number of rotatable bonds is 5. The Bertz CT molecular complexity index is 1000. The molecule has 33 heavy (non-hydrogen) atoms. The Morgan fingerprint density at radius 1 is 1.12 bits per heavy atom. The molecule has 8 nitrogen and oxygen atoms in total. The van der Waals surface area contributed by atoms with Crippen molar-refractivity contribution in [2.24, 2.45) is 16.1 Å². The summed E-state index contributed by atoms with van der Waals surface area (Å²) in [5.74, 6) is -0.0545. The molecule has 2 aromatic rings. The van der Waals surface area contributed by atoms with Crippen molar-refractivity contribution < 1.29 is 14.6 Å². The van der Waals surface area contributed by atoms with E-state index in [1.807, 2.05) is 35.8 Å². The number of azo groups is 1. The molecular formula is C24H33N5O3S. The molecule has 1 aromatic heterocycles. The van der Waals surface area contributed by atoms with E-state index in [9.17, 15) is 9.90 Å². The minimum atomic E-state index is -0.102. The first-order valence-electron chi connectivity index (χ1n) is 12.0. The zero-order valence-electron chi connectivity index (χ0n) is 19.3. The summed E-state index contributed by atoms with van der Waals surface area (Å²) in [6, 6.07) is 7.81. The van der Waals surface area contributed by atoms with Crippen LogP contribution in [-0.4, -0.2) is 63.3 Å². The first-order valence-corrected chi connectivity index (χ1v) is 12.4. The number of carbonyl (C=O) groups excluding carboxylic acids is 1. The van der Waals surface area contributed by atoms with Gasteiger partial charge in [0.1, 0.15) is 0 Å². The monoisotopic (exact) mass is 471 g/mol. The first-order chi connectivity index (χ1) is 16.1. The molecule has 0 unspecified atom stereocenters. The molecule has 0 saturated carbocycles. The van der Waals surface area contributed by atoms with Crippen LogP contribution in [0.2, 0.25) is 0 Å². The molecule has 9 heteroatoms. The van der Waals surface area contributed by atoms with Gasteiger partial charge in [-0.15, -0.1) is 10.2 Å². The molecule has 2 fully saturated rings. The van der Waals surface area contributed by atoms with Gasteiger partial charge in [-0.2, -0.15) is 0 Å². The van der Waals surface area contributed by atoms with Gasteiger partial charge in [-0.05, 0) is 50.9 Å². The zero-order chi connectivity index (χ0) is 23.2. The third-order valence-corrected chi connectivity index (χ3v) is 6.92. The van der Waals surface area contributed by atoms with E-state index in [0.29, 0.717) is 24.1 Å². The highest BCUT2D eigenvalue weighted by Crippen LogP contribution is 2.39. The highest BCUT2D eigenvalue weighted by molar-refractivity contribution is 7.80. The number of nitrogens with zero attached hydrogens (tertiary/aromatic N) is 5. The Labute approximate surface area is 200 Å². The minimum Gasteiger partial charge on any atom is -0.493 e. The van der Waals surface area contributed by atoms with Crippen molar-refractivity contribution in [3.63, 3.8) is 0 Å². The van der Waals surface area contributed by atoms with E-state index in [1.54, 1.807) is 0 Å². The fourth-order valence-corrected chi connectivity index (χ4v) is 4.92. The van der Waals surface area contributed by atoms with Gasteiger partial charge in [0.25, 0.3) is 0 Å². The number of aromatic nitrogens is 1. The molecule has 1 N–H and O–H groups in total. The highest BCUT2D eigenvalue weighted by atomic mass is 32.1. The Balaban J connectivity index is 1.49. The van der Waals surface area contributed by atoms with Crippen molar-refractivity contribution in [3.8, 4) is 5.88 Å². The maximum atomic E-state index is 12.0. The number of piperidine rings is 1. The molecule has 0 radical (unpaired) electrons. The summed E-state index contributed by atoms with van der Waals surface area (Å²) in [6.07, 6.45) is 6.20. The summed E-state index contributed by atoms with van der Waals surface area (Å²) in [6.45, 7) is 6.13. The molecule has 0 atom stereocenters. The van der Waals surface area contributed by atoms with E-state index < -0.39 is 0 Å². The Morgan fingerprint density at radius 3 is 2.52 bits per heavy atom. The van der Waals surface area contributed by atoms with Gasteiger partial charge in [0.15, 0.2) is 5.69 Å². The fourth-order valence-electron chi connectivity index (χ4n) is 4.70. The molecule has 2 aliphatic heterocycles. The second-order valence-corrected chi connectivity index (χ2v) is 9.15. The number of aromatic hydroxyl groups is 1. The minimum absolute atomic E-state index is 0.0411. The van der Waals surface area contributed by atoms with E-state index in [2.05, 4.69) is 20.0 Å². The van der Waals surface area contributed by atoms with Crippen molar-refractivity contribution in [2.75, 3.05) is 32.8 Å². The molecule has 178 valence electrons. The number of ether oxygens (including phenoxy) is 1. The van der Waals surface area contributed by atoms with Crippen molar-refractivity contribution in [1.82, 2.24) is 14.4 Å². The van der Waals surface area contributed by atoms with Crippen LogP contribution in [0.15, 0.2) is 34.5 Å². The number of hydrogen-bond acceptors (Lipinski definition) is 6. The number of para-hydroxylation sites is 1. The predicted octanol–water partition coefficient (Wildman–Crippen LogP) is 4.82. The lowest BCUT2D eigenvalue weighted by Gasteiger charge is -2.31. The van der Waals surface area contributed by atoms with E-state index in [4.69, 9.17) is 17.0 Å². The van der Waals surface area contributed by atoms with Crippen LogP contribution in [-0.2, 0) is 16.2 Å². The molecule has 0 amide bonds. The second-order valence-electron chi connectivity index (χ2n) is 8.79. The average molecular weight is 472 g/mol. The van der Waals surface area contributed by atoms with Crippen LogP contribution in [0.5, 0.6) is 5.88 Å². The number of benzene rings is 1. The lowest BCUT2D eigenvalue weighted by Crippen LogP contribution is -2.37. The maximum Gasteiger partial charge on any atom is 0.309 e. The number of hydrogen-bond donors (Lipinski definition) is 1. The van der Waals surface area contributed by atoms with Gasteiger partial charge >= 0.3 is 5.97 Å². The number of fused-ring (bicyclic) bond motifs is 1. The Hall–Kier alpha value is -2.52. The molecule has 3 heterocycles. The first kappa shape index (κ1) is 23.6. The summed E-state index contributed by atoms with van der Waals surface area (Å²) >= 11 is 5.52. The van der Waals surface area contributed by atoms with Crippen LogP contribution in [0.3, 0.4) is 0 Å². The topological polar surface area (TPSA) is 82.7 Å². The van der Waals surface area contributed by atoms with Gasteiger partial charge in [0.2, 0.25) is 11.0 Å². The van der Waals surface area contributed by atoms with E-state index in [0.717, 1.165) is 62.8 Å². The Morgan fingerprint density at radius 2 is 1.82 bits per heavy atom. The van der Waals surface area contributed by atoms with Crippen molar-refractivity contribution >= 4 is 39.9 Å². The van der Waals surface area contributed by atoms with Crippen molar-refractivity contribution in [3.05, 3.63) is 24.3 Å². The quantitative estimate of drug-likeness (QED) is 0.382. The predicted molar refractivity (Wildman–Crippen MR) is 132 cm³/mol. The van der Waals surface area contributed by atoms with Gasteiger partial charge in [-0.3, -0.25) is 14.3 Å². The largest absolute Gasteiger partial charge is 0.493 e. The molecule has 2 aliphatic rings. The van der Waals surface area contributed by atoms with Crippen molar-refractivity contribution in [1.29, 1.82) is 0 Å². The molecule has 1 aromatic carbocycles. The van der Waals surface area contributed by atoms with Crippen LogP contribution in [0.25, 0.3) is 10.9 Å². The number of likely N-dealkylation sites (tertiary alicyclic amines) is 2. The standard InChI is InChI=1S/C24H33N5O3S/c1-2-32-23(31)18-11-15-27(16-12-18)17-29-20-10-6-5-9-19(20)21(22(29)30)25-26-24(33)28-13-7-3-4-8-14-28/h5-6,9-10,18,30H,2-4,7-8,11-17H2,1H3. The van der Waals surface area contributed by atoms with Crippen LogP contribution < -0.4 is 0 Å². The van der Waals surface area contributed by atoms with E-state index in [1.165, 1.54) is 12.8 Å². The maximum absolute atomic E-state index is 12.0. The van der Waals surface area contributed by atoms with Crippen LogP contribution >= 0.6 is 12.2 Å². The van der Waals surface area contributed by atoms with Crippen LogP contribution in [0, 0.1) is 5.92 Å². The summed E-state index contributed by atoms with van der Waals surface area (Å²) in [5.41, 5.74) is 1.35. The zero-order valence-corrected chi connectivity index (χ0v) is 20.1. The molecular weight excluding hydrogens is 438 g/mol. The van der Waals surface area contributed by atoms with Gasteiger partial charge in [-0.1, -0.05) is 31.0 Å². The lowest BCUT2D eigenvalue weighted by molar-refractivity contribution is -0.149. The summed E-state index contributed by atoms with van der Waals surface area (Å²) in [4.78, 5) is 16.4. The molecule has 0 spiro atoms. The fraction of sp³-hybridized carbons (Fsp3) is 0.583. The average Bonchev–Trinajstić information content (AvgIpc) is 3.00. The third kappa shape index (κ3) is 5.52. The van der Waals surface area contributed by atoms with Crippen molar-refractivity contribution in [2.45, 2.75) is 52.1 Å². The molecule has 2 saturated heterocycles. The van der Waals surface area contributed by atoms with Gasteiger partial charge in [0, 0.05) is 31.6 Å². The van der Waals surface area contributed by atoms with E-state index >= 15 is 0 Å². The highest BCUT2D eigenvalue weighted by Gasteiger charge is 2.27. The van der Waals surface area contributed by atoms with Gasteiger partial charge < -0.3 is 14.7 Å². The summed E-state index contributed by atoms with van der Waals surface area (Å²) in [5, 5.41) is 21.1. The smallest absolute Gasteiger partial charge is 0.309 e. The lowest BCUT2D eigenvalue weighted by atomic mass is 9.97. The van der Waals surface area contributed by atoms with E-state index in [-0.39, 0.29) is 17.8 Å². The molecule has 4 rings (SSSR count). The van der Waals surface area contributed by atoms with Crippen LogP contribution in [0.1, 0.15) is 45.4 Å². The SMILES string of the molecule is CCOC(=O)C1CCN(Cn2c(O)c(N=NC(=S)N3CCCCCC3)c3ccccc32)CC1. The molecule has 0 aliphatic carbocycles.